The molecule has 2 saturated carbocycles. The molecule has 3 heterocycles. The molecule has 8 heteroatoms. The van der Waals surface area contributed by atoms with E-state index in [1.807, 2.05) is 34.6 Å². The Bertz CT molecular complexity index is 947. The van der Waals surface area contributed by atoms with Gasteiger partial charge in [-0.2, -0.15) is 16.3 Å². The third-order valence-electron chi connectivity index (χ3n) is 6.07. The van der Waals surface area contributed by atoms with Gasteiger partial charge in [-0.05, 0) is 42.5 Å². The summed E-state index contributed by atoms with van der Waals surface area (Å²) in [5.74, 6) is 2.92. The maximum absolute atomic E-state index is 13.0. The van der Waals surface area contributed by atoms with E-state index in [1.165, 1.54) is 0 Å². The molecule has 1 N–H and O–H groups in total. The predicted octanol–water partition coefficient (Wildman–Crippen LogP) is 2.98. The second-order valence-corrected chi connectivity index (χ2v) is 8.31. The molecule has 0 aromatic carbocycles. The lowest BCUT2D eigenvalue weighted by molar-refractivity contribution is -0.127. The molecule has 0 spiro atoms. The largest absolute Gasteiger partial charge is 0.349 e. The normalized spacial score (nSPS) is 26.6. The highest BCUT2D eigenvalue weighted by molar-refractivity contribution is 7.08. The number of imidazole rings is 1. The Balaban J connectivity index is 1.36. The van der Waals surface area contributed by atoms with Gasteiger partial charge in [-0.25, -0.2) is 4.98 Å². The van der Waals surface area contributed by atoms with Crippen LogP contribution >= 0.6 is 11.3 Å². The van der Waals surface area contributed by atoms with Crippen LogP contribution in [0.3, 0.4) is 0 Å². The van der Waals surface area contributed by atoms with Crippen molar-refractivity contribution in [1.29, 1.82) is 0 Å². The van der Waals surface area contributed by atoms with E-state index in [0.717, 1.165) is 30.7 Å². The predicted molar refractivity (Wildman–Crippen MR) is 99.7 cm³/mol. The van der Waals surface area contributed by atoms with Crippen LogP contribution < -0.4 is 5.32 Å². The van der Waals surface area contributed by atoms with Gasteiger partial charge in [0.15, 0.2) is 0 Å². The second kappa shape index (κ2) is 6.60. The highest BCUT2D eigenvalue weighted by atomic mass is 32.1. The summed E-state index contributed by atoms with van der Waals surface area (Å²) < 4.78 is 7.54. The van der Waals surface area contributed by atoms with Crippen molar-refractivity contribution in [3.05, 3.63) is 40.9 Å². The van der Waals surface area contributed by atoms with E-state index < -0.39 is 0 Å². The van der Waals surface area contributed by atoms with Crippen LogP contribution in [0, 0.1) is 17.8 Å². The maximum atomic E-state index is 13.0. The van der Waals surface area contributed by atoms with E-state index in [-0.39, 0.29) is 17.7 Å². The summed E-state index contributed by atoms with van der Waals surface area (Å²) in [4.78, 5) is 21.9. The van der Waals surface area contributed by atoms with E-state index in [2.05, 4.69) is 20.4 Å². The molecule has 0 aliphatic heterocycles. The minimum absolute atomic E-state index is 0.0185. The summed E-state index contributed by atoms with van der Waals surface area (Å²) in [5.41, 5.74) is 0.967. The first kappa shape index (κ1) is 16.7. The van der Waals surface area contributed by atoms with Gasteiger partial charge < -0.3 is 14.4 Å². The Hall–Kier alpha value is -2.48. The van der Waals surface area contributed by atoms with E-state index in [9.17, 15) is 4.79 Å². The van der Waals surface area contributed by atoms with E-state index in [0.29, 0.717) is 30.1 Å². The summed E-state index contributed by atoms with van der Waals surface area (Å²) in [6.45, 7) is 0.437. The van der Waals surface area contributed by atoms with Crippen molar-refractivity contribution in [2.24, 2.45) is 24.8 Å². The van der Waals surface area contributed by atoms with Gasteiger partial charge in [0, 0.05) is 30.4 Å². The highest BCUT2D eigenvalue weighted by Gasteiger charge is 2.53. The molecule has 2 aliphatic rings. The van der Waals surface area contributed by atoms with Gasteiger partial charge in [-0.1, -0.05) is 5.16 Å². The molecule has 140 valence electrons. The molecule has 0 unspecified atom stereocenters. The fourth-order valence-electron chi connectivity index (χ4n) is 4.75. The summed E-state index contributed by atoms with van der Waals surface area (Å²) in [5, 5.41) is 11.2. The molecule has 1 amide bonds. The number of nitrogens with one attached hydrogen (secondary N) is 1. The van der Waals surface area contributed by atoms with Crippen molar-refractivity contribution in [2.45, 2.75) is 31.7 Å². The first-order valence-electron chi connectivity index (χ1n) is 9.31. The molecule has 2 bridgehead atoms. The number of amides is 1. The minimum atomic E-state index is -0.0974. The Morgan fingerprint density at radius 1 is 1.41 bits per heavy atom. The fourth-order valence-corrected chi connectivity index (χ4v) is 5.39. The Morgan fingerprint density at radius 2 is 2.30 bits per heavy atom. The summed E-state index contributed by atoms with van der Waals surface area (Å²) in [6, 6.07) is 1.98. The van der Waals surface area contributed by atoms with Crippen LogP contribution in [0.5, 0.6) is 0 Å². The quantitative estimate of drug-likeness (QED) is 0.732. The van der Waals surface area contributed by atoms with Crippen LogP contribution in [-0.4, -0.2) is 25.6 Å². The van der Waals surface area contributed by atoms with Crippen molar-refractivity contribution in [1.82, 2.24) is 25.0 Å². The number of thiophene rings is 1. The zero-order chi connectivity index (χ0) is 18.4. The van der Waals surface area contributed by atoms with Gasteiger partial charge in [-0.15, -0.1) is 0 Å². The molecule has 3 aromatic rings. The first-order valence-corrected chi connectivity index (χ1v) is 10.2. The average molecular weight is 383 g/mol. The number of fused-ring (bicyclic) bond motifs is 2. The zero-order valence-corrected chi connectivity index (χ0v) is 15.9. The third kappa shape index (κ3) is 2.88. The lowest BCUT2D eigenvalue weighted by atomic mass is 9.78. The van der Waals surface area contributed by atoms with Crippen LogP contribution in [0.2, 0.25) is 0 Å². The number of hydrogen-bond donors (Lipinski definition) is 1. The molecule has 5 rings (SSSR count). The molecule has 0 saturated heterocycles. The van der Waals surface area contributed by atoms with Crippen molar-refractivity contribution in [3.8, 4) is 11.4 Å². The Morgan fingerprint density at radius 3 is 3.07 bits per heavy atom. The fraction of sp³-hybridized carbons (Fsp3) is 0.474. The lowest BCUT2D eigenvalue weighted by Gasteiger charge is -2.27. The molecule has 27 heavy (non-hydrogen) atoms. The van der Waals surface area contributed by atoms with Crippen molar-refractivity contribution in [2.75, 3.05) is 0 Å². The van der Waals surface area contributed by atoms with Gasteiger partial charge >= 0.3 is 0 Å². The van der Waals surface area contributed by atoms with Crippen molar-refractivity contribution < 1.29 is 9.32 Å². The van der Waals surface area contributed by atoms with Crippen molar-refractivity contribution in [3.63, 3.8) is 0 Å². The molecular weight excluding hydrogens is 362 g/mol. The molecule has 7 nitrogen and oxygen atoms in total. The average Bonchev–Trinajstić information content (AvgIpc) is 3.48. The van der Waals surface area contributed by atoms with E-state index in [1.54, 1.807) is 17.5 Å². The monoisotopic (exact) mass is 383 g/mol. The number of carbonyl (C=O) groups is 1. The molecule has 4 atom stereocenters. The van der Waals surface area contributed by atoms with Crippen LogP contribution in [0.25, 0.3) is 11.4 Å². The van der Waals surface area contributed by atoms with Crippen LogP contribution in [0.4, 0.5) is 0 Å². The van der Waals surface area contributed by atoms with Crippen LogP contribution in [-0.2, 0) is 18.4 Å². The molecule has 2 fully saturated rings. The lowest BCUT2D eigenvalue weighted by Crippen LogP contribution is -2.37. The number of nitrogens with zero attached hydrogens (tertiary/aromatic N) is 4. The van der Waals surface area contributed by atoms with Gasteiger partial charge in [0.1, 0.15) is 5.82 Å². The summed E-state index contributed by atoms with van der Waals surface area (Å²) >= 11 is 1.61. The Labute approximate surface area is 160 Å². The highest BCUT2D eigenvalue weighted by Crippen LogP contribution is 2.56. The summed E-state index contributed by atoms with van der Waals surface area (Å²) in [7, 11) is 1.93. The SMILES string of the molecule is Cn1ccnc1CNC(=O)[C@H]1[C@H]2CC[C@H](C2)[C@@H]1c1nc(-c2ccsc2)no1. The van der Waals surface area contributed by atoms with Gasteiger partial charge in [0.25, 0.3) is 0 Å². The smallest absolute Gasteiger partial charge is 0.231 e. The number of rotatable bonds is 5. The standard InChI is InChI=1S/C19H21N5O2S/c1-24-6-5-20-14(24)9-21-18(25)15-11-2-3-12(8-11)16(15)19-22-17(23-26-19)13-4-7-27-10-13/h4-7,10-12,15-16H,2-3,8-9H2,1H3,(H,21,25)/t11-,12+,15-,16-/m0/s1. The molecular formula is C19H21N5O2S. The second-order valence-electron chi connectivity index (χ2n) is 7.53. The number of aromatic nitrogens is 4. The Kier molecular flexibility index (Phi) is 4.07. The molecule has 0 radical (unpaired) electrons. The van der Waals surface area contributed by atoms with E-state index >= 15 is 0 Å². The van der Waals surface area contributed by atoms with Gasteiger partial charge in [0.05, 0.1) is 18.4 Å². The van der Waals surface area contributed by atoms with Crippen LogP contribution in [0.15, 0.2) is 33.7 Å². The summed E-state index contributed by atoms with van der Waals surface area (Å²) in [6.07, 6.45) is 6.93. The van der Waals surface area contributed by atoms with E-state index in [4.69, 9.17) is 4.52 Å². The molecule has 3 aromatic heterocycles. The number of aryl methyl sites for hydroxylation is 1. The zero-order valence-electron chi connectivity index (χ0n) is 15.0. The first-order chi connectivity index (χ1) is 13.2. The topological polar surface area (TPSA) is 85.8 Å². The molecule has 2 aliphatic carbocycles. The number of hydrogen-bond acceptors (Lipinski definition) is 6. The van der Waals surface area contributed by atoms with Gasteiger partial charge in [0.2, 0.25) is 17.6 Å². The maximum Gasteiger partial charge on any atom is 0.231 e. The number of carbonyl (C=O) groups excluding carboxylic acids is 1. The minimum Gasteiger partial charge on any atom is -0.349 e. The van der Waals surface area contributed by atoms with Gasteiger partial charge in [-0.3, -0.25) is 4.79 Å². The third-order valence-corrected chi connectivity index (χ3v) is 6.75. The van der Waals surface area contributed by atoms with Crippen LogP contribution in [0.1, 0.15) is 36.9 Å². The van der Waals surface area contributed by atoms with Crippen molar-refractivity contribution >= 4 is 17.2 Å².